The number of hydrogen-bond acceptors (Lipinski definition) is 7. The first-order chi connectivity index (χ1) is 12.0. The summed E-state index contributed by atoms with van der Waals surface area (Å²) in [5, 5.41) is 29.9. The van der Waals surface area contributed by atoms with E-state index in [9.17, 15) is 15.3 Å². The maximum atomic E-state index is 10.1. The molecule has 7 heteroatoms. The Morgan fingerprint density at radius 2 is 2.04 bits per heavy atom. The van der Waals surface area contributed by atoms with E-state index in [2.05, 4.69) is 33.0 Å². The highest BCUT2D eigenvalue weighted by Crippen LogP contribution is 2.32. The fourth-order valence-electron chi connectivity index (χ4n) is 4.14. The number of fused-ring (bicyclic) bond motifs is 1. The third-order valence-corrected chi connectivity index (χ3v) is 6.49. The van der Waals surface area contributed by atoms with E-state index in [1.807, 2.05) is 12.4 Å². The van der Waals surface area contributed by atoms with Crippen molar-refractivity contribution >= 4 is 27.2 Å². The number of anilines is 1. The minimum atomic E-state index is -1.05. The summed E-state index contributed by atoms with van der Waals surface area (Å²) in [4.78, 5) is 9.02. The number of benzene rings is 1. The smallest absolute Gasteiger partial charge is 0.108 e. The van der Waals surface area contributed by atoms with Crippen molar-refractivity contribution in [2.75, 3.05) is 31.1 Å². The predicted molar refractivity (Wildman–Crippen MR) is 99.0 cm³/mol. The van der Waals surface area contributed by atoms with Gasteiger partial charge in [-0.05, 0) is 31.4 Å². The van der Waals surface area contributed by atoms with Gasteiger partial charge in [-0.15, -0.1) is 11.3 Å². The van der Waals surface area contributed by atoms with Gasteiger partial charge < -0.3 is 20.2 Å². The van der Waals surface area contributed by atoms with Gasteiger partial charge in [0.1, 0.15) is 11.6 Å². The molecule has 1 aromatic heterocycles. The first kappa shape index (κ1) is 17.2. The Morgan fingerprint density at radius 1 is 1.20 bits per heavy atom. The second kappa shape index (κ2) is 6.81. The molecule has 2 aliphatic rings. The van der Waals surface area contributed by atoms with Crippen LogP contribution in [-0.2, 0) is 0 Å². The lowest BCUT2D eigenvalue weighted by Gasteiger charge is -2.43. The molecule has 0 aliphatic carbocycles. The fraction of sp³-hybridized carbons (Fsp3) is 0.611. The summed E-state index contributed by atoms with van der Waals surface area (Å²) in [5.41, 5.74) is 4.17. The largest absolute Gasteiger partial charge is 0.389 e. The Hall–Kier alpha value is -1.25. The number of likely N-dealkylation sites (tertiary alicyclic amines) is 1. The standard InChI is InChI=1S/C18H25N3O3S/c1-11-17(23)18(24)14(22)9-21(11)8-12-5-6-20(7-12)13-3-2-4-15-16(13)19-10-25-15/h2-4,10-12,14,17-18,22-24H,5-9H2,1H3/t11-,12+,14+,17-,18-/m1/s1. The van der Waals surface area contributed by atoms with Crippen LogP contribution in [0.15, 0.2) is 23.7 Å². The highest BCUT2D eigenvalue weighted by atomic mass is 32.1. The summed E-state index contributed by atoms with van der Waals surface area (Å²) >= 11 is 1.67. The number of nitrogens with zero attached hydrogens (tertiary/aromatic N) is 3. The number of aliphatic hydroxyl groups excluding tert-OH is 3. The van der Waals surface area contributed by atoms with Crippen LogP contribution in [0.2, 0.25) is 0 Å². The van der Waals surface area contributed by atoms with E-state index in [0.29, 0.717) is 12.5 Å². The molecule has 0 unspecified atom stereocenters. The first-order valence-corrected chi connectivity index (χ1v) is 9.78. The van der Waals surface area contributed by atoms with Gasteiger partial charge in [0, 0.05) is 32.2 Å². The van der Waals surface area contributed by atoms with E-state index in [0.717, 1.165) is 31.6 Å². The van der Waals surface area contributed by atoms with Gasteiger partial charge in [-0.3, -0.25) is 4.90 Å². The number of hydrogen-bond donors (Lipinski definition) is 3. The van der Waals surface area contributed by atoms with Crippen molar-refractivity contribution < 1.29 is 15.3 Å². The van der Waals surface area contributed by atoms with Crippen LogP contribution < -0.4 is 4.90 Å². The van der Waals surface area contributed by atoms with Gasteiger partial charge >= 0.3 is 0 Å². The minimum absolute atomic E-state index is 0.144. The number of aliphatic hydroxyl groups is 3. The molecule has 0 radical (unpaired) electrons. The van der Waals surface area contributed by atoms with Crippen molar-refractivity contribution in [3.05, 3.63) is 23.7 Å². The third-order valence-electron chi connectivity index (χ3n) is 5.69. The van der Waals surface area contributed by atoms with Crippen LogP contribution in [0.25, 0.3) is 10.2 Å². The Bertz CT molecular complexity index is 739. The van der Waals surface area contributed by atoms with E-state index >= 15 is 0 Å². The molecule has 2 aliphatic heterocycles. The van der Waals surface area contributed by atoms with Crippen LogP contribution in [0.3, 0.4) is 0 Å². The van der Waals surface area contributed by atoms with Crippen LogP contribution in [0, 0.1) is 5.92 Å². The van der Waals surface area contributed by atoms with Crippen molar-refractivity contribution in [3.8, 4) is 0 Å². The zero-order valence-electron chi connectivity index (χ0n) is 14.3. The Morgan fingerprint density at radius 3 is 2.88 bits per heavy atom. The number of para-hydroxylation sites is 1. The van der Waals surface area contributed by atoms with Crippen LogP contribution in [0.1, 0.15) is 13.3 Å². The summed E-state index contributed by atoms with van der Waals surface area (Å²) in [6.07, 6.45) is -1.75. The molecule has 2 aromatic rings. The molecule has 2 fully saturated rings. The molecule has 136 valence electrons. The number of piperidine rings is 1. The summed E-state index contributed by atoms with van der Waals surface area (Å²) in [6, 6.07) is 6.18. The average molecular weight is 363 g/mol. The highest BCUT2D eigenvalue weighted by molar-refractivity contribution is 7.16. The molecule has 0 amide bonds. The molecule has 0 saturated carbocycles. The second-order valence-corrected chi connectivity index (χ2v) is 8.21. The fourth-order valence-corrected chi connectivity index (χ4v) is 4.84. The second-order valence-electron chi connectivity index (χ2n) is 7.32. The van der Waals surface area contributed by atoms with Crippen molar-refractivity contribution in [2.45, 2.75) is 37.7 Å². The summed E-state index contributed by atoms with van der Waals surface area (Å²) in [6.45, 7) is 5.11. The van der Waals surface area contributed by atoms with Gasteiger partial charge in [0.15, 0.2) is 0 Å². The average Bonchev–Trinajstić information content (AvgIpc) is 3.26. The van der Waals surface area contributed by atoms with Crippen molar-refractivity contribution in [2.24, 2.45) is 5.92 Å². The first-order valence-electron chi connectivity index (χ1n) is 8.90. The summed E-state index contributed by atoms with van der Waals surface area (Å²) < 4.78 is 1.21. The molecule has 6 nitrogen and oxygen atoms in total. The molecule has 1 aromatic carbocycles. The van der Waals surface area contributed by atoms with Crippen LogP contribution >= 0.6 is 11.3 Å². The predicted octanol–water partition coefficient (Wildman–Crippen LogP) is 0.909. The van der Waals surface area contributed by atoms with Gasteiger partial charge in [-0.2, -0.15) is 0 Å². The molecule has 4 rings (SSSR count). The molecule has 3 N–H and O–H groups in total. The van der Waals surface area contributed by atoms with Gasteiger partial charge in [-0.25, -0.2) is 4.98 Å². The van der Waals surface area contributed by atoms with E-state index in [-0.39, 0.29) is 6.04 Å². The van der Waals surface area contributed by atoms with Gasteiger partial charge in [0.25, 0.3) is 0 Å². The maximum absolute atomic E-state index is 10.1. The van der Waals surface area contributed by atoms with Crippen molar-refractivity contribution in [1.29, 1.82) is 0 Å². The molecule has 3 heterocycles. The Balaban J connectivity index is 1.44. The van der Waals surface area contributed by atoms with Crippen LogP contribution in [0.5, 0.6) is 0 Å². The lowest BCUT2D eigenvalue weighted by atomic mass is 9.93. The summed E-state index contributed by atoms with van der Waals surface area (Å²) in [5.74, 6) is 0.478. The SMILES string of the molecule is C[C@@H]1[C@@H](O)[C@H](O)[C@@H](O)CN1C[C@H]1CCN(c2cccc3scnc23)C1. The normalized spacial score (nSPS) is 34.1. The molecular formula is C18H25N3O3S. The number of aromatic nitrogens is 1. The number of β-amino-alcohol motifs (C(OH)–C–C–N with tert-alkyl or cyclic N) is 1. The van der Waals surface area contributed by atoms with E-state index < -0.39 is 18.3 Å². The minimum Gasteiger partial charge on any atom is -0.389 e. The Kier molecular flexibility index (Phi) is 4.68. The van der Waals surface area contributed by atoms with Gasteiger partial charge in [0.2, 0.25) is 0 Å². The molecule has 2 saturated heterocycles. The lowest BCUT2D eigenvalue weighted by Crippen LogP contribution is -2.60. The van der Waals surface area contributed by atoms with Crippen molar-refractivity contribution in [3.63, 3.8) is 0 Å². The molecule has 5 atom stereocenters. The zero-order chi connectivity index (χ0) is 17.6. The van der Waals surface area contributed by atoms with E-state index in [1.54, 1.807) is 11.3 Å². The van der Waals surface area contributed by atoms with E-state index in [4.69, 9.17) is 0 Å². The van der Waals surface area contributed by atoms with E-state index in [1.165, 1.54) is 10.4 Å². The molecule has 25 heavy (non-hydrogen) atoms. The molecular weight excluding hydrogens is 338 g/mol. The van der Waals surface area contributed by atoms with Gasteiger partial charge in [-0.1, -0.05) is 6.07 Å². The third kappa shape index (κ3) is 3.15. The van der Waals surface area contributed by atoms with Crippen LogP contribution in [-0.4, -0.2) is 75.7 Å². The maximum Gasteiger partial charge on any atom is 0.108 e. The van der Waals surface area contributed by atoms with Crippen LogP contribution in [0.4, 0.5) is 5.69 Å². The highest BCUT2D eigenvalue weighted by Gasteiger charge is 2.40. The lowest BCUT2D eigenvalue weighted by molar-refractivity contribution is -0.134. The number of rotatable bonds is 3. The molecule has 0 bridgehead atoms. The topological polar surface area (TPSA) is 80.1 Å². The monoisotopic (exact) mass is 363 g/mol. The quantitative estimate of drug-likeness (QED) is 0.752. The Labute approximate surface area is 151 Å². The van der Waals surface area contributed by atoms with Gasteiger partial charge in [0.05, 0.1) is 28.1 Å². The molecule has 0 spiro atoms. The van der Waals surface area contributed by atoms with Crippen molar-refractivity contribution in [1.82, 2.24) is 9.88 Å². The summed E-state index contributed by atoms with van der Waals surface area (Å²) in [7, 11) is 0. The number of thiazole rings is 1. The zero-order valence-corrected chi connectivity index (χ0v) is 15.1.